The molecule has 0 radical (unpaired) electrons. The molecule has 0 aromatic heterocycles. The van der Waals surface area contributed by atoms with Crippen LogP contribution in [-0.2, 0) is 11.2 Å². The second kappa shape index (κ2) is 7.45. The number of nitrogens with zero attached hydrogens (tertiary/aromatic N) is 1. The first-order chi connectivity index (χ1) is 11.7. The van der Waals surface area contributed by atoms with E-state index in [-0.39, 0.29) is 5.91 Å². The molecule has 0 saturated heterocycles. The Bertz CT molecular complexity index is 734. The molecule has 0 saturated carbocycles. The minimum atomic E-state index is 0.0452. The summed E-state index contributed by atoms with van der Waals surface area (Å²) in [6, 6.07) is 16.4. The summed E-state index contributed by atoms with van der Waals surface area (Å²) >= 11 is 0. The molecule has 3 heteroatoms. The molecule has 0 aliphatic carbocycles. The summed E-state index contributed by atoms with van der Waals surface area (Å²) in [5.41, 5.74) is 4.56. The highest BCUT2D eigenvalue weighted by molar-refractivity contribution is 6.04. The van der Waals surface area contributed by atoms with E-state index in [9.17, 15) is 4.79 Å². The van der Waals surface area contributed by atoms with Gasteiger partial charge in [-0.25, -0.2) is 0 Å². The van der Waals surface area contributed by atoms with E-state index in [1.54, 1.807) is 6.08 Å². The smallest absolute Gasteiger partial charge is 0.251 e. The summed E-state index contributed by atoms with van der Waals surface area (Å²) in [6.45, 7) is 3.74. The van der Waals surface area contributed by atoms with E-state index in [0.717, 1.165) is 30.8 Å². The Kier molecular flexibility index (Phi) is 5.11. The Morgan fingerprint density at radius 2 is 1.96 bits per heavy atom. The van der Waals surface area contributed by atoms with Gasteiger partial charge in [0.05, 0.1) is 0 Å². The summed E-state index contributed by atoms with van der Waals surface area (Å²) in [7, 11) is 1.96. The molecule has 2 aromatic carbocycles. The maximum atomic E-state index is 12.8. The molecule has 0 fully saturated rings. The lowest BCUT2D eigenvalue weighted by molar-refractivity contribution is -0.114. The van der Waals surface area contributed by atoms with Crippen molar-refractivity contribution in [2.24, 2.45) is 5.92 Å². The minimum Gasteiger partial charge on any atom is -0.319 e. The molecule has 3 rings (SSSR count). The maximum Gasteiger partial charge on any atom is 0.251 e. The van der Waals surface area contributed by atoms with Gasteiger partial charge in [-0.05, 0) is 56.1 Å². The van der Waals surface area contributed by atoms with Gasteiger partial charge in [-0.3, -0.25) is 4.79 Å². The molecule has 3 nitrogen and oxygen atoms in total. The van der Waals surface area contributed by atoms with E-state index in [4.69, 9.17) is 0 Å². The number of carbonyl (C=O) groups is 1. The van der Waals surface area contributed by atoms with Gasteiger partial charge in [0.2, 0.25) is 0 Å². The van der Waals surface area contributed by atoms with Gasteiger partial charge in [-0.2, -0.15) is 0 Å². The monoisotopic (exact) mass is 320 g/mol. The normalized spacial score (nSPS) is 17.1. The van der Waals surface area contributed by atoms with E-state index in [2.05, 4.69) is 30.4 Å². The molecule has 0 spiro atoms. The van der Waals surface area contributed by atoms with Gasteiger partial charge in [-0.15, -0.1) is 0 Å². The van der Waals surface area contributed by atoms with Crippen LogP contribution in [0.15, 0.2) is 54.6 Å². The lowest BCUT2D eigenvalue weighted by atomic mass is 9.92. The third-order valence-corrected chi connectivity index (χ3v) is 4.49. The fourth-order valence-electron chi connectivity index (χ4n) is 3.25. The predicted octanol–water partition coefficient (Wildman–Crippen LogP) is 3.43. The highest BCUT2D eigenvalue weighted by atomic mass is 16.2. The van der Waals surface area contributed by atoms with Crippen LogP contribution < -0.4 is 10.2 Å². The van der Waals surface area contributed by atoms with E-state index >= 15 is 0 Å². The van der Waals surface area contributed by atoms with E-state index in [0.29, 0.717) is 5.92 Å². The number of rotatable bonds is 4. The Morgan fingerprint density at radius 1 is 1.21 bits per heavy atom. The molecule has 1 aliphatic heterocycles. The zero-order valence-corrected chi connectivity index (χ0v) is 14.3. The van der Waals surface area contributed by atoms with Gasteiger partial charge >= 0.3 is 0 Å². The van der Waals surface area contributed by atoms with E-state index in [1.165, 1.54) is 11.1 Å². The van der Waals surface area contributed by atoms with E-state index < -0.39 is 0 Å². The number of amides is 1. The Morgan fingerprint density at radius 3 is 2.71 bits per heavy atom. The van der Waals surface area contributed by atoms with Gasteiger partial charge in [0.1, 0.15) is 0 Å². The number of para-hydroxylation sites is 1. The predicted molar refractivity (Wildman–Crippen MR) is 100 cm³/mol. The number of aryl methyl sites for hydroxylation is 1. The maximum absolute atomic E-state index is 12.8. The lowest BCUT2D eigenvalue weighted by Gasteiger charge is -2.34. The molecule has 0 bridgehead atoms. The summed E-state index contributed by atoms with van der Waals surface area (Å²) in [6.07, 6.45) is 4.59. The van der Waals surface area contributed by atoms with Crippen LogP contribution in [0.3, 0.4) is 0 Å². The largest absolute Gasteiger partial charge is 0.319 e. The topological polar surface area (TPSA) is 32.3 Å². The van der Waals surface area contributed by atoms with Crippen LogP contribution in [0.2, 0.25) is 0 Å². The Hall–Kier alpha value is -2.39. The second-order valence-electron chi connectivity index (χ2n) is 6.45. The standard InChI is InChI=1S/C21H24N2O/c1-16-7-9-17(10-8-16)11-12-21(24)23-15-18(14-22-2)13-19-5-3-4-6-20(19)23/h3-12,18,22H,13-15H2,1-2H3/b12-11+. The third kappa shape index (κ3) is 3.74. The van der Waals surface area contributed by atoms with Crippen LogP contribution in [0.4, 0.5) is 5.69 Å². The van der Waals surface area contributed by atoms with Crippen molar-refractivity contribution in [3.8, 4) is 0 Å². The van der Waals surface area contributed by atoms with Crippen molar-refractivity contribution < 1.29 is 4.79 Å². The second-order valence-corrected chi connectivity index (χ2v) is 6.45. The SMILES string of the molecule is CNCC1Cc2ccccc2N(C(=O)/C=C/c2ccc(C)cc2)C1. The lowest BCUT2D eigenvalue weighted by Crippen LogP contribution is -2.42. The van der Waals surface area contributed by atoms with Crippen LogP contribution in [0, 0.1) is 12.8 Å². The van der Waals surface area contributed by atoms with Gasteiger partial charge in [-0.1, -0.05) is 48.0 Å². The van der Waals surface area contributed by atoms with Crippen molar-refractivity contribution in [1.29, 1.82) is 0 Å². The van der Waals surface area contributed by atoms with Crippen LogP contribution in [-0.4, -0.2) is 26.0 Å². The van der Waals surface area contributed by atoms with Crippen LogP contribution in [0.1, 0.15) is 16.7 Å². The van der Waals surface area contributed by atoms with Crippen molar-refractivity contribution in [3.63, 3.8) is 0 Å². The van der Waals surface area contributed by atoms with Crippen molar-refractivity contribution in [1.82, 2.24) is 5.32 Å². The summed E-state index contributed by atoms with van der Waals surface area (Å²) in [5.74, 6) is 0.491. The number of hydrogen-bond donors (Lipinski definition) is 1. The Labute approximate surface area is 144 Å². The summed E-state index contributed by atoms with van der Waals surface area (Å²) in [5, 5.41) is 3.23. The van der Waals surface area contributed by atoms with E-state index in [1.807, 2.05) is 48.4 Å². The molecule has 1 amide bonds. The van der Waals surface area contributed by atoms with Crippen molar-refractivity contribution in [3.05, 3.63) is 71.3 Å². The fourth-order valence-corrected chi connectivity index (χ4v) is 3.25. The first-order valence-corrected chi connectivity index (χ1v) is 8.46. The molecule has 1 N–H and O–H groups in total. The minimum absolute atomic E-state index is 0.0452. The van der Waals surface area contributed by atoms with Gasteiger partial charge in [0.15, 0.2) is 0 Å². The highest BCUT2D eigenvalue weighted by Crippen LogP contribution is 2.29. The highest BCUT2D eigenvalue weighted by Gasteiger charge is 2.26. The van der Waals surface area contributed by atoms with Gasteiger partial charge < -0.3 is 10.2 Å². The summed E-state index contributed by atoms with van der Waals surface area (Å²) in [4.78, 5) is 14.7. The van der Waals surface area contributed by atoms with Gasteiger partial charge in [0, 0.05) is 18.3 Å². The van der Waals surface area contributed by atoms with Crippen molar-refractivity contribution in [2.45, 2.75) is 13.3 Å². The number of fused-ring (bicyclic) bond motifs is 1. The molecule has 24 heavy (non-hydrogen) atoms. The number of carbonyl (C=O) groups excluding carboxylic acids is 1. The number of anilines is 1. The van der Waals surface area contributed by atoms with Crippen molar-refractivity contribution >= 4 is 17.7 Å². The fraction of sp³-hybridized carbons (Fsp3) is 0.286. The molecular formula is C21H24N2O. The number of benzene rings is 2. The first-order valence-electron chi connectivity index (χ1n) is 8.46. The molecule has 1 unspecified atom stereocenters. The van der Waals surface area contributed by atoms with Crippen LogP contribution in [0.25, 0.3) is 6.08 Å². The quantitative estimate of drug-likeness (QED) is 0.875. The zero-order chi connectivity index (χ0) is 16.9. The molecule has 124 valence electrons. The zero-order valence-electron chi connectivity index (χ0n) is 14.3. The first kappa shape index (κ1) is 16.5. The van der Waals surface area contributed by atoms with Crippen LogP contribution in [0.5, 0.6) is 0 Å². The van der Waals surface area contributed by atoms with Crippen molar-refractivity contribution in [2.75, 3.05) is 25.0 Å². The van der Waals surface area contributed by atoms with Gasteiger partial charge in [0.25, 0.3) is 5.91 Å². The molecule has 1 atom stereocenters. The third-order valence-electron chi connectivity index (χ3n) is 4.49. The molecule has 2 aromatic rings. The number of hydrogen-bond acceptors (Lipinski definition) is 2. The number of nitrogens with one attached hydrogen (secondary N) is 1. The molecule has 1 heterocycles. The summed E-state index contributed by atoms with van der Waals surface area (Å²) < 4.78 is 0. The Balaban J connectivity index is 1.81. The van der Waals surface area contributed by atoms with Crippen LogP contribution >= 0.6 is 0 Å². The molecule has 1 aliphatic rings. The average molecular weight is 320 g/mol. The average Bonchev–Trinajstić information content (AvgIpc) is 2.60. The molecular weight excluding hydrogens is 296 g/mol.